The van der Waals surface area contributed by atoms with Gasteiger partial charge in [0.15, 0.2) is 5.05 Å². The number of ether oxygens (including phenoxy) is 1. The molecule has 0 unspecified atom stereocenters. The second-order valence-electron chi connectivity index (χ2n) is 4.32. The van der Waals surface area contributed by atoms with Gasteiger partial charge in [-0.05, 0) is 60.5 Å². The fourth-order valence-electron chi connectivity index (χ4n) is 1.86. The first-order chi connectivity index (χ1) is 9.10. The van der Waals surface area contributed by atoms with Crippen molar-refractivity contribution in [2.75, 3.05) is 7.11 Å². The van der Waals surface area contributed by atoms with Gasteiger partial charge in [-0.25, -0.2) is 0 Å². The summed E-state index contributed by atoms with van der Waals surface area (Å²) in [5, 5.41) is 1.20. The summed E-state index contributed by atoms with van der Waals surface area (Å²) in [6.07, 6.45) is 4.32. The fraction of sp³-hybridized carbons (Fsp3) is 0.200. The lowest BCUT2D eigenvalue weighted by molar-refractivity contribution is 0.415. The van der Waals surface area contributed by atoms with E-state index in [0.29, 0.717) is 5.05 Å². The van der Waals surface area contributed by atoms with Crippen LogP contribution in [0.5, 0.6) is 0 Å². The van der Waals surface area contributed by atoms with Gasteiger partial charge in [0.05, 0.1) is 7.11 Å². The second-order valence-corrected chi connectivity index (χ2v) is 5.13. The molecule has 98 valence electrons. The maximum Gasteiger partial charge on any atom is 0.192 e. The Balaban J connectivity index is 2.28. The molecule has 0 atom stereocenters. The molecule has 0 spiro atoms. The molecule has 0 aliphatic heterocycles. The number of methoxy groups -OCH3 is 1. The Morgan fingerprint density at radius 1 is 1.32 bits per heavy atom. The van der Waals surface area contributed by atoms with E-state index in [1.807, 2.05) is 30.5 Å². The molecule has 4 heteroatoms. The van der Waals surface area contributed by atoms with Crippen LogP contribution in [-0.4, -0.2) is 17.1 Å². The Morgan fingerprint density at radius 2 is 2.11 bits per heavy atom. The molecule has 0 saturated heterocycles. The van der Waals surface area contributed by atoms with Crippen molar-refractivity contribution < 1.29 is 4.74 Å². The minimum Gasteiger partial charge on any atom is -0.486 e. The number of hydrogen-bond acceptors (Lipinski definition) is 3. The van der Waals surface area contributed by atoms with Gasteiger partial charge in [0, 0.05) is 23.0 Å². The zero-order valence-corrected chi connectivity index (χ0v) is 12.4. The van der Waals surface area contributed by atoms with E-state index in [2.05, 4.69) is 11.9 Å². The van der Waals surface area contributed by atoms with Crippen LogP contribution in [0, 0.1) is 6.92 Å². The Bertz CT molecular complexity index is 613. The van der Waals surface area contributed by atoms with Crippen LogP contribution in [0.4, 0.5) is 0 Å². The number of aryl methyl sites for hydroxylation is 1. The lowest BCUT2D eigenvalue weighted by atomic mass is 10.0. The van der Waals surface area contributed by atoms with Crippen molar-refractivity contribution in [3.05, 3.63) is 63.9 Å². The van der Waals surface area contributed by atoms with Crippen LogP contribution < -0.4 is 0 Å². The molecule has 19 heavy (non-hydrogen) atoms. The zero-order chi connectivity index (χ0) is 13.8. The van der Waals surface area contributed by atoms with Crippen LogP contribution in [0.25, 0.3) is 0 Å². The summed E-state index contributed by atoms with van der Waals surface area (Å²) in [4.78, 5) is 4.20. The molecule has 0 amide bonds. The van der Waals surface area contributed by atoms with Gasteiger partial charge in [-0.2, -0.15) is 0 Å². The Morgan fingerprint density at radius 3 is 2.84 bits per heavy atom. The second kappa shape index (κ2) is 6.13. The van der Waals surface area contributed by atoms with Crippen LogP contribution in [0.2, 0.25) is 5.02 Å². The predicted octanol–water partition coefficient (Wildman–Crippen LogP) is 3.96. The van der Waals surface area contributed by atoms with E-state index in [1.54, 1.807) is 13.3 Å². The number of halogens is 1. The van der Waals surface area contributed by atoms with E-state index in [-0.39, 0.29) is 0 Å². The number of nitrogens with zero attached hydrogens (tertiary/aromatic N) is 1. The molecule has 0 bridgehead atoms. The molecule has 0 fully saturated rings. The van der Waals surface area contributed by atoms with Crippen LogP contribution in [0.15, 0.2) is 36.7 Å². The van der Waals surface area contributed by atoms with Crippen molar-refractivity contribution in [3.63, 3.8) is 0 Å². The predicted molar refractivity (Wildman–Crippen MR) is 81.9 cm³/mol. The van der Waals surface area contributed by atoms with Gasteiger partial charge < -0.3 is 4.74 Å². The molecular formula is C15H14ClNOS. The van der Waals surface area contributed by atoms with Crippen molar-refractivity contribution in [2.45, 2.75) is 13.3 Å². The van der Waals surface area contributed by atoms with Crippen molar-refractivity contribution in [1.82, 2.24) is 4.98 Å². The SMILES string of the molecule is COC(=S)c1cncc(Cc2cc(Cl)ccc2C)c1. The smallest absolute Gasteiger partial charge is 0.192 e. The highest BCUT2D eigenvalue weighted by atomic mass is 35.5. The first kappa shape index (κ1) is 14.0. The molecule has 1 aromatic heterocycles. The van der Waals surface area contributed by atoms with Gasteiger partial charge in [0.2, 0.25) is 0 Å². The minimum atomic E-state index is 0.456. The maximum absolute atomic E-state index is 6.03. The standard InChI is InChI=1S/C15H14ClNOS/c1-10-3-4-14(16)7-12(10)5-11-6-13(9-17-8-11)15(19)18-2/h3-4,6-9H,5H2,1-2H3. The number of pyridine rings is 1. The molecule has 2 aromatic rings. The van der Waals surface area contributed by atoms with Gasteiger partial charge in [-0.15, -0.1) is 0 Å². The van der Waals surface area contributed by atoms with Gasteiger partial charge in [0.1, 0.15) is 0 Å². The van der Waals surface area contributed by atoms with Crippen molar-refractivity contribution in [3.8, 4) is 0 Å². The first-order valence-corrected chi connectivity index (χ1v) is 6.66. The minimum absolute atomic E-state index is 0.456. The quantitative estimate of drug-likeness (QED) is 0.799. The molecule has 0 saturated carbocycles. The monoisotopic (exact) mass is 291 g/mol. The van der Waals surface area contributed by atoms with Gasteiger partial charge in [-0.1, -0.05) is 17.7 Å². The molecule has 0 radical (unpaired) electrons. The normalized spacial score (nSPS) is 10.3. The number of benzene rings is 1. The highest BCUT2D eigenvalue weighted by Gasteiger charge is 2.05. The van der Waals surface area contributed by atoms with E-state index in [9.17, 15) is 0 Å². The van der Waals surface area contributed by atoms with E-state index >= 15 is 0 Å². The number of hydrogen-bond donors (Lipinski definition) is 0. The Kier molecular flexibility index (Phi) is 4.51. The lowest BCUT2D eigenvalue weighted by Gasteiger charge is -2.08. The summed E-state index contributed by atoms with van der Waals surface area (Å²) < 4.78 is 5.05. The summed E-state index contributed by atoms with van der Waals surface area (Å²) in [6.45, 7) is 2.07. The summed E-state index contributed by atoms with van der Waals surface area (Å²) in [6, 6.07) is 7.90. The van der Waals surface area contributed by atoms with Crippen LogP contribution in [-0.2, 0) is 11.2 Å². The van der Waals surface area contributed by atoms with E-state index < -0.39 is 0 Å². The molecule has 1 heterocycles. The van der Waals surface area contributed by atoms with E-state index in [0.717, 1.165) is 22.6 Å². The molecular weight excluding hydrogens is 278 g/mol. The maximum atomic E-state index is 6.03. The summed E-state index contributed by atoms with van der Waals surface area (Å²) in [7, 11) is 1.57. The molecule has 2 nitrogen and oxygen atoms in total. The molecule has 0 aliphatic carbocycles. The third kappa shape index (κ3) is 3.52. The van der Waals surface area contributed by atoms with Gasteiger partial charge in [-0.3, -0.25) is 4.98 Å². The lowest BCUT2D eigenvalue weighted by Crippen LogP contribution is -2.02. The van der Waals surface area contributed by atoms with Crippen LogP contribution in [0.3, 0.4) is 0 Å². The van der Waals surface area contributed by atoms with E-state index in [1.165, 1.54) is 11.1 Å². The van der Waals surface area contributed by atoms with E-state index in [4.69, 9.17) is 28.6 Å². The van der Waals surface area contributed by atoms with Crippen LogP contribution >= 0.6 is 23.8 Å². The first-order valence-electron chi connectivity index (χ1n) is 5.87. The third-order valence-corrected chi connectivity index (χ3v) is 3.56. The highest BCUT2D eigenvalue weighted by molar-refractivity contribution is 7.80. The average molecular weight is 292 g/mol. The Hall–Kier alpha value is -1.45. The average Bonchev–Trinajstić information content (AvgIpc) is 2.42. The van der Waals surface area contributed by atoms with Crippen molar-refractivity contribution in [2.24, 2.45) is 0 Å². The largest absolute Gasteiger partial charge is 0.486 e. The Labute approximate surface area is 123 Å². The number of rotatable bonds is 3. The third-order valence-electron chi connectivity index (χ3n) is 2.92. The van der Waals surface area contributed by atoms with Gasteiger partial charge in [0.25, 0.3) is 0 Å². The summed E-state index contributed by atoms with van der Waals surface area (Å²) >= 11 is 11.1. The number of aromatic nitrogens is 1. The summed E-state index contributed by atoms with van der Waals surface area (Å²) in [5.41, 5.74) is 4.32. The van der Waals surface area contributed by atoms with Crippen molar-refractivity contribution in [1.29, 1.82) is 0 Å². The van der Waals surface area contributed by atoms with Crippen LogP contribution in [0.1, 0.15) is 22.3 Å². The van der Waals surface area contributed by atoms with Gasteiger partial charge >= 0.3 is 0 Å². The molecule has 0 aliphatic rings. The highest BCUT2D eigenvalue weighted by Crippen LogP contribution is 2.19. The number of thiocarbonyl (C=S) groups is 1. The van der Waals surface area contributed by atoms with Crippen molar-refractivity contribution >= 4 is 28.9 Å². The molecule has 0 N–H and O–H groups in total. The summed E-state index contributed by atoms with van der Waals surface area (Å²) in [5.74, 6) is 0. The topological polar surface area (TPSA) is 22.1 Å². The molecule has 2 rings (SSSR count). The fourth-order valence-corrected chi connectivity index (χ4v) is 2.17. The molecule has 1 aromatic carbocycles. The zero-order valence-electron chi connectivity index (χ0n) is 10.8.